The van der Waals surface area contributed by atoms with E-state index in [0.717, 1.165) is 34.2 Å². The van der Waals surface area contributed by atoms with Crippen molar-refractivity contribution in [3.8, 4) is 0 Å². The highest BCUT2D eigenvalue weighted by molar-refractivity contribution is 7.99. The summed E-state index contributed by atoms with van der Waals surface area (Å²) >= 11 is 1.39. The van der Waals surface area contributed by atoms with Crippen molar-refractivity contribution in [3.63, 3.8) is 0 Å². The van der Waals surface area contributed by atoms with E-state index in [-0.39, 0.29) is 5.91 Å². The molecular formula is C20H22N4OS. The Morgan fingerprint density at radius 3 is 2.65 bits per heavy atom. The molecular weight excluding hydrogens is 344 g/mol. The Morgan fingerprint density at radius 2 is 1.88 bits per heavy atom. The van der Waals surface area contributed by atoms with Gasteiger partial charge in [0.1, 0.15) is 5.82 Å². The van der Waals surface area contributed by atoms with Crippen molar-refractivity contribution in [2.75, 3.05) is 11.1 Å². The molecule has 0 bridgehead atoms. The molecule has 6 heteroatoms. The maximum atomic E-state index is 12.3. The Balaban J connectivity index is 1.59. The Labute approximate surface area is 157 Å². The van der Waals surface area contributed by atoms with Crippen molar-refractivity contribution in [1.82, 2.24) is 14.8 Å². The Bertz CT molecular complexity index is 905. The lowest BCUT2D eigenvalue weighted by molar-refractivity contribution is -0.113. The van der Waals surface area contributed by atoms with E-state index in [4.69, 9.17) is 0 Å². The van der Waals surface area contributed by atoms with E-state index in [9.17, 15) is 4.79 Å². The first kappa shape index (κ1) is 18.2. The Kier molecular flexibility index (Phi) is 5.73. The largest absolute Gasteiger partial charge is 0.325 e. The van der Waals surface area contributed by atoms with E-state index in [1.54, 1.807) is 0 Å². The summed E-state index contributed by atoms with van der Waals surface area (Å²) in [5, 5.41) is 12.2. The lowest BCUT2D eigenvalue weighted by Crippen LogP contribution is -2.15. The average Bonchev–Trinajstić information content (AvgIpc) is 2.97. The minimum absolute atomic E-state index is 0.0451. The van der Waals surface area contributed by atoms with Crippen molar-refractivity contribution in [3.05, 3.63) is 71.0 Å². The van der Waals surface area contributed by atoms with E-state index in [2.05, 4.69) is 27.6 Å². The van der Waals surface area contributed by atoms with Crippen molar-refractivity contribution in [2.24, 2.45) is 7.05 Å². The number of nitrogens with zero attached hydrogens (tertiary/aromatic N) is 3. The van der Waals surface area contributed by atoms with Gasteiger partial charge in [0.15, 0.2) is 5.16 Å². The molecule has 0 saturated heterocycles. The number of hydrogen-bond acceptors (Lipinski definition) is 4. The number of benzene rings is 2. The zero-order chi connectivity index (χ0) is 18.5. The number of aryl methyl sites for hydroxylation is 2. The molecule has 134 valence electrons. The molecule has 0 unspecified atom stereocenters. The van der Waals surface area contributed by atoms with Crippen LogP contribution >= 0.6 is 11.8 Å². The number of amides is 1. The molecule has 0 spiro atoms. The van der Waals surface area contributed by atoms with Crippen LogP contribution in [0.3, 0.4) is 0 Å². The predicted molar refractivity (Wildman–Crippen MR) is 106 cm³/mol. The van der Waals surface area contributed by atoms with E-state index >= 15 is 0 Å². The smallest absolute Gasteiger partial charge is 0.234 e. The van der Waals surface area contributed by atoms with Gasteiger partial charge in [-0.1, -0.05) is 54.2 Å². The van der Waals surface area contributed by atoms with Crippen LogP contribution in [0, 0.1) is 13.8 Å². The first-order chi connectivity index (χ1) is 12.5. The monoisotopic (exact) mass is 366 g/mol. The molecule has 0 aliphatic rings. The Hall–Kier alpha value is -2.60. The molecule has 0 fully saturated rings. The molecule has 2 aromatic carbocycles. The minimum Gasteiger partial charge on any atom is -0.325 e. The zero-order valence-electron chi connectivity index (χ0n) is 15.2. The highest BCUT2D eigenvalue weighted by Gasteiger charge is 2.12. The van der Waals surface area contributed by atoms with Crippen LogP contribution in [0.2, 0.25) is 0 Å². The highest BCUT2D eigenvalue weighted by Crippen LogP contribution is 2.20. The van der Waals surface area contributed by atoms with Gasteiger partial charge in [0.2, 0.25) is 5.91 Å². The molecule has 0 radical (unpaired) electrons. The lowest BCUT2D eigenvalue weighted by Gasteiger charge is -2.09. The van der Waals surface area contributed by atoms with Gasteiger partial charge in [-0.3, -0.25) is 4.79 Å². The van der Waals surface area contributed by atoms with Crippen LogP contribution in [0.1, 0.15) is 22.5 Å². The number of anilines is 1. The van der Waals surface area contributed by atoms with Crippen molar-refractivity contribution < 1.29 is 4.79 Å². The summed E-state index contributed by atoms with van der Waals surface area (Å²) in [6.45, 7) is 4.00. The summed E-state index contributed by atoms with van der Waals surface area (Å²) in [5.41, 5.74) is 4.22. The maximum absolute atomic E-state index is 12.3. The molecule has 5 nitrogen and oxygen atoms in total. The van der Waals surface area contributed by atoms with Crippen LogP contribution in [0.15, 0.2) is 53.7 Å². The molecule has 1 amide bonds. The minimum atomic E-state index is -0.0451. The third-order valence-electron chi connectivity index (χ3n) is 4.13. The summed E-state index contributed by atoms with van der Waals surface area (Å²) < 4.78 is 1.95. The maximum Gasteiger partial charge on any atom is 0.234 e. The summed E-state index contributed by atoms with van der Waals surface area (Å²) in [4.78, 5) is 12.3. The van der Waals surface area contributed by atoms with E-state index < -0.39 is 0 Å². The van der Waals surface area contributed by atoms with E-state index in [1.807, 2.05) is 61.9 Å². The van der Waals surface area contributed by atoms with Gasteiger partial charge in [-0.25, -0.2) is 0 Å². The number of hydrogen-bond donors (Lipinski definition) is 1. The quantitative estimate of drug-likeness (QED) is 0.675. The van der Waals surface area contributed by atoms with Crippen LogP contribution in [0.4, 0.5) is 5.69 Å². The molecule has 26 heavy (non-hydrogen) atoms. The van der Waals surface area contributed by atoms with Crippen molar-refractivity contribution >= 4 is 23.4 Å². The van der Waals surface area contributed by atoms with E-state index in [0.29, 0.717) is 5.75 Å². The van der Waals surface area contributed by atoms with Gasteiger partial charge in [0.25, 0.3) is 0 Å². The molecule has 0 aliphatic heterocycles. The number of carbonyl (C=O) groups excluding carboxylic acids is 1. The number of aromatic nitrogens is 3. The SMILES string of the molecule is Cc1ccc(C)c(NC(=O)CSc2nnc(Cc3ccccc3)n2C)c1. The van der Waals surface area contributed by atoms with Gasteiger partial charge >= 0.3 is 0 Å². The molecule has 3 aromatic rings. The first-order valence-electron chi connectivity index (χ1n) is 8.45. The summed E-state index contributed by atoms with van der Waals surface area (Å²) in [7, 11) is 1.93. The molecule has 3 rings (SSSR count). The fraction of sp³-hybridized carbons (Fsp3) is 0.250. The first-order valence-corrected chi connectivity index (χ1v) is 9.43. The molecule has 1 aromatic heterocycles. The molecule has 0 aliphatic carbocycles. The highest BCUT2D eigenvalue weighted by atomic mass is 32.2. The average molecular weight is 366 g/mol. The predicted octanol–water partition coefficient (Wildman–Crippen LogP) is 3.75. The van der Waals surface area contributed by atoms with Crippen molar-refractivity contribution in [2.45, 2.75) is 25.4 Å². The van der Waals surface area contributed by atoms with Gasteiger partial charge in [0, 0.05) is 19.2 Å². The second-order valence-electron chi connectivity index (χ2n) is 6.28. The lowest BCUT2D eigenvalue weighted by atomic mass is 10.1. The van der Waals surface area contributed by atoms with Crippen LogP contribution in [-0.4, -0.2) is 26.4 Å². The summed E-state index contributed by atoms with van der Waals surface area (Å²) in [6, 6.07) is 16.2. The van der Waals surface area contributed by atoms with Gasteiger partial charge in [-0.05, 0) is 36.6 Å². The Morgan fingerprint density at radius 1 is 1.12 bits per heavy atom. The van der Waals surface area contributed by atoms with Crippen LogP contribution in [0.5, 0.6) is 0 Å². The molecule has 1 heterocycles. The van der Waals surface area contributed by atoms with Crippen molar-refractivity contribution in [1.29, 1.82) is 0 Å². The molecule has 0 saturated carbocycles. The third kappa shape index (κ3) is 4.52. The van der Waals surface area contributed by atoms with Gasteiger partial charge in [-0.2, -0.15) is 0 Å². The van der Waals surface area contributed by atoms with Gasteiger partial charge in [-0.15, -0.1) is 10.2 Å². The zero-order valence-corrected chi connectivity index (χ0v) is 16.0. The van der Waals surface area contributed by atoms with Crippen LogP contribution in [-0.2, 0) is 18.3 Å². The fourth-order valence-corrected chi connectivity index (χ4v) is 3.32. The summed E-state index contributed by atoms with van der Waals surface area (Å²) in [6.07, 6.45) is 0.722. The van der Waals surface area contributed by atoms with Crippen LogP contribution < -0.4 is 5.32 Å². The molecule has 1 N–H and O–H groups in total. The number of thioether (sulfide) groups is 1. The van der Waals surface area contributed by atoms with Gasteiger partial charge in [0.05, 0.1) is 5.75 Å². The van der Waals surface area contributed by atoms with Gasteiger partial charge < -0.3 is 9.88 Å². The number of carbonyl (C=O) groups is 1. The topological polar surface area (TPSA) is 59.8 Å². The normalized spacial score (nSPS) is 10.7. The summed E-state index contributed by atoms with van der Waals surface area (Å²) in [5.74, 6) is 1.13. The third-order valence-corrected chi connectivity index (χ3v) is 5.15. The number of rotatable bonds is 6. The molecule has 0 atom stereocenters. The van der Waals surface area contributed by atoms with E-state index in [1.165, 1.54) is 17.3 Å². The second-order valence-corrected chi connectivity index (χ2v) is 7.22. The fourth-order valence-electron chi connectivity index (χ4n) is 2.59. The number of nitrogens with one attached hydrogen (secondary N) is 1. The van der Waals surface area contributed by atoms with Crippen LogP contribution in [0.25, 0.3) is 0 Å². The standard InChI is InChI=1S/C20H22N4OS/c1-14-9-10-15(2)17(11-14)21-19(25)13-26-20-23-22-18(24(20)3)12-16-7-5-4-6-8-16/h4-11H,12-13H2,1-3H3,(H,21,25). The second kappa shape index (κ2) is 8.19.